The van der Waals surface area contributed by atoms with Crippen molar-refractivity contribution in [3.8, 4) is 0 Å². The van der Waals surface area contributed by atoms with Crippen LogP contribution < -0.4 is 0 Å². The van der Waals surface area contributed by atoms with Gasteiger partial charge in [0.05, 0.1) is 19.0 Å². The molecular weight excluding hydrogens is 214 g/mol. The lowest BCUT2D eigenvalue weighted by molar-refractivity contribution is 0.0641. The van der Waals surface area contributed by atoms with Gasteiger partial charge in [0.2, 0.25) is 0 Å². The van der Waals surface area contributed by atoms with E-state index in [1.165, 1.54) is 11.9 Å². The first kappa shape index (κ1) is 12.2. The molecule has 1 aromatic rings. The molecule has 1 aromatic heterocycles. The molecule has 1 heterocycles. The van der Waals surface area contributed by atoms with Crippen molar-refractivity contribution in [2.24, 2.45) is 0 Å². The highest BCUT2D eigenvalue weighted by atomic mass is 16.4. The zero-order valence-corrected chi connectivity index (χ0v) is 8.97. The number of hydrogen-bond donors (Lipinski definition) is 3. The number of aliphatic hydroxyl groups is 1. The van der Waals surface area contributed by atoms with Gasteiger partial charge in [-0.05, 0) is 6.92 Å². The van der Waals surface area contributed by atoms with Crippen LogP contribution >= 0.6 is 0 Å². The van der Waals surface area contributed by atoms with Gasteiger partial charge < -0.3 is 20.1 Å². The monoisotopic (exact) mass is 227 g/mol. The van der Waals surface area contributed by atoms with Gasteiger partial charge in [-0.1, -0.05) is 0 Å². The van der Waals surface area contributed by atoms with Gasteiger partial charge in [-0.3, -0.25) is 4.79 Å². The number of nitrogens with one attached hydrogen (secondary N) is 1. The standard InChI is InChI=1S/C9H13N3O4/c1-5(3-13)12(2)8(14)6-7(9(15)16)11-4-10-6/h4-5,13H,3H2,1-2H3,(H,10,11)(H,15,16). The Labute approximate surface area is 91.7 Å². The first-order chi connectivity index (χ1) is 7.49. The predicted molar refractivity (Wildman–Crippen MR) is 54.2 cm³/mol. The van der Waals surface area contributed by atoms with Gasteiger partial charge in [-0.25, -0.2) is 9.78 Å². The zero-order valence-electron chi connectivity index (χ0n) is 8.97. The fraction of sp³-hybridized carbons (Fsp3) is 0.444. The number of rotatable bonds is 4. The lowest BCUT2D eigenvalue weighted by Gasteiger charge is -2.22. The maximum atomic E-state index is 11.8. The van der Waals surface area contributed by atoms with Crippen molar-refractivity contribution in [2.45, 2.75) is 13.0 Å². The third-order valence-electron chi connectivity index (χ3n) is 2.30. The lowest BCUT2D eigenvalue weighted by atomic mass is 10.2. The van der Waals surface area contributed by atoms with Gasteiger partial charge in [-0.2, -0.15) is 0 Å². The van der Waals surface area contributed by atoms with E-state index in [2.05, 4.69) is 9.97 Å². The van der Waals surface area contributed by atoms with Crippen LogP contribution in [0.2, 0.25) is 0 Å². The quantitative estimate of drug-likeness (QED) is 0.646. The first-order valence-electron chi connectivity index (χ1n) is 4.63. The van der Waals surface area contributed by atoms with Gasteiger partial charge in [0.1, 0.15) is 0 Å². The van der Waals surface area contributed by atoms with Crippen LogP contribution in [-0.4, -0.2) is 56.7 Å². The summed E-state index contributed by atoms with van der Waals surface area (Å²) in [6, 6.07) is -0.397. The van der Waals surface area contributed by atoms with Gasteiger partial charge >= 0.3 is 5.97 Å². The molecule has 0 radical (unpaired) electrons. The van der Waals surface area contributed by atoms with Gasteiger partial charge in [-0.15, -0.1) is 0 Å². The first-order valence-corrected chi connectivity index (χ1v) is 4.63. The third-order valence-corrected chi connectivity index (χ3v) is 2.30. The van der Waals surface area contributed by atoms with Crippen LogP contribution in [0.15, 0.2) is 6.33 Å². The van der Waals surface area contributed by atoms with E-state index in [0.29, 0.717) is 0 Å². The molecule has 0 bridgehead atoms. The maximum absolute atomic E-state index is 11.8. The molecule has 3 N–H and O–H groups in total. The fourth-order valence-electron chi connectivity index (χ4n) is 1.11. The summed E-state index contributed by atoms with van der Waals surface area (Å²) in [4.78, 5) is 29.8. The number of amides is 1. The molecule has 0 aliphatic heterocycles. The minimum atomic E-state index is -1.24. The summed E-state index contributed by atoms with van der Waals surface area (Å²) in [5.74, 6) is -1.79. The van der Waals surface area contributed by atoms with Gasteiger partial charge in [0, 0.05) is 7.05 Å². The van der Waals surface area contributed by atoms with E-state index in [0.717, 1.165) is 6.33 Å². The minimum Gasteiger partial charge on any atom is -0.477 e. The number of likely N-dealkylation sites (N-methyl/N-ethyl adjacent to an activating group) is 1. The number of carbonyl (C=O) groups excluding carboxylic acids is 1. The molecule has 7 heteroatoms. The Bertz CT molecular complexity index is 401. The smallest absolute Gasteiger partial charge is 0.354 e. The second-order valence-electron chi connectivity index (χ2n) is 3.38. The molecule has 0 aromatic carbocycles. The Morgan fingerprint density at radius 1 is 1.62 bits per heavy atom. The molecule has 16 heavy (non-hydrogen) atoms. The average molecular weight is 227 g/mol. The minimum absolute atomic E-state index is 0.157. The number of carboxylic acid groups (broad SMARTS) is 1. The maximum Gasteiger partial charge on any atom is 0.354 e. The molecular formula is C9H13N3O4. The molecule has 0 saturated carbocycles. The number of aromatic carboxylic acids is 1. The number of carboxylic acids is 1. The molecule has 0 aliphatic carbocycles. The van der Waals surface area contributed by atoms with Crippen molar-refractivity contribution in [1.82, 2.24) is 14.9 Å². The lowest BCUT2D eigenvalue weighted by Crippen LogP contribution is -2.38. The van der Waals surface area contributed by atoms with E-state index in [1.807, 2.05) is 0 Å². The van der Waals surface area contributed by atoms with E-state index in [-0.39, 0.29) is 18.0 Å². The number of H-pyrrole nitrogens is 1. The van der Waals surface area contributed by atoms with Crippen LogP contribution in [0.25, 0.3) is 0 Å². The van der Waals surface area contributed by atoms with Crippen LogP contribution in [0.5, 0.6) is 0 Å². The second kappa shape index (κ2) is 4.75. The summed E-state index contributed by atoms with van der Waals surface area (Å²) in [5.41, 5.74) is -0.405. The summed E-state index contributed by atoms with van der Waals surface area (Å²) in [5, 5.41) is 17.7. The Balaban J connectivity index is 2.96. The van der Waals surface area contributed by atoms with Crippen LogP contribution in [0.3, 0.4) is 0 Å². The molecule has 0 aliphatic rings. The van der Waals surface area contributed by atoms with E-state index in [1.54, 1.807) is 6.92 Å². The molecule has 1 rings (SSSR count). The normalized spacial score (nSPS) is 12.2. The summed E-state index contributed by atoms with van der Waals surface area (Å²) in [6.07, 6.45) is 1.15. The molecule has 88 valence electrons. The van der Waals surface area contributed by atoms with Crippen LogP contribution in [-0.2, 0) is 0 Å². The Morgan fingerprint density at radius 2 is 2.25 bits per heavy atom. The largest absolute Gasteiger partial charge is 0.477 e. The molecule has 1 amide bonds. The van der Waals surface area contributed by atoms with Crippen molar-refractivity contribution in [1.29, 1.82) is 0 Å². The number of carbonyl (C=O) groups is 2. The van der Waals surface area contributed by atoms with E-state index >= 15 is 0 Å². The van der Waals surface area contributed by atoms with Crippen molar-refractivity contribution >= 4 is 11.9 Å². The third kappa shape index (κ3) is 2.19. The number of aromatic amines is 1. The molecule has 0 saturated heterocycles. The Morgan fingerprint density at radius 3 is 2.75 bits per heavy atom. The fourth-order valence-corrected chi connectivity index (χ4v) is 1.11. The van der Waals surface area contributed by atoms with E-state index in [9.17, 15) is 9.59 Å². The van der Waals surface area contributed by atoms with Crippen molar-refractivity contribution in [3.05, 3.63) is 17.7 Å². The number of aliphatic hydroxyl groups excluding tert-OH is 1. The predicted octanol–water partition coefficient (Wildman–Crippen LogP) is -0.439. The molecule has 0 spiro atoms. The van der Waals surface area contributed by atoms with E-state index in [4.69, 9.17) is 10.2 Å². The van der Waals surface area contributed by atoms with Crippen LogP contribution in [0, 0.1) is 0 Å². The highest BCUT2D eigenvalue weighted by molar-refractivity contribution is 6.02. The Hall–Kier alpha value is -1.89. The topological polar surface area (TPSA) is 107 Å². The van der Waals surface area contributed by atoms with E-state index < -0.39 is 17.9 Å². The number of imidazole rings is 1. The molecule has 7 nitrogen and oxygen atoms in total. The highest BCUT2D eigenvalue weighted by Crippen LogP contribution is 2.08. The summed E-state index contributed by atoms with van der Waals surface area (Å²) in [7, 11) is 1.48. The van der Waals surface area contributed by atoms with Crippen molar-refractivity contribution in [2.75, 3.05) is 13.7 Å². The second-order valence-corrected chi connectivity index (χ2v) is 3.38. The molecule has 1 unspecified atom stereocenters. The van der Waals surface area contributed by atoms with Crippen molar-refractivity contribution in [3.63, 3.8) is 0 Å². The average Bonchev–Trinajstić information content (AvgIpc) is 2.74. The number of hydrogen-bond acceptors (Lipinski definition) is 4. The van der Waals surface area contributed by atoms with Crippen LogP contribution in [0.1, 0.15) is 27.9 Å². The number of nitrogens with zero attached hydrogens (tertiary/aromatic N) is 2. The summed E-state index contributed by atoms with van der Waals surface area (Å²) in [6.45, 7) is 1.44. The van der Waals surface area contributed by atoms with Gasteiger partial charge in [0.15, 0.2) is 11.4 Å². The SMILES string of the molecule is CC(CO)N(C)C(=O)c1nc[nH]c1C(=O)O. The molecule has 1 atom stereocenters. The Kier molecular flexibility index (Phi) is 3.62. The zero-order chi connectivity index (χ0) is 12.3. The summed E-state index contributed by atoms with van der Waals surface area (Å²) < 4.78 is 0. The molecule has 0 fully saturated rings. The highest BCUT2D eigenvalue weighted by Gasteiger charge is 2.24. The summed E-state index contributed by atoms with van der Waals surface area (Å²) >= 11 is 0. The number of aromatic nitrogens is 2. The van der Waals surface area contributed by atoms with Gasteiger partial charge in [0.25, 0.3) is 5.91 Å². The van der Waals surface area contributed by atoms with Crippen molar-refractivity contribution < 1.29 is 19.8 Å². The van der Waals surface area contributed by atoms with Crippen LogP contribution in [0.4, 0.5) is 0 Å².